The molecule has 2 amide bonds. The largest absolute Gasteiger partial charge is 0.465 e. The number of carbonyl (C=O) groups is 2. The number of amides is 2. The Hall–Kier alpha value is -2.85. The van der Waals surface area contributed by atoms with Crippen molar-refractivity contribution in [3.05, 3.63) is 29.4 Å². The van der Waals surface area contributed by atoms with Crippen LogP contribution in [0.2, 0.25) is 0 Å². The lowest BCUT2D eigenvalue weighted by atomic mass is 9.86. The SMILES string of the molecule is CC(C)OC(=O)Nc1ccc(-c2cnc([C@H]3CC[C@H](NC(=O)O)CC3)s2)c(N(C)CCN(C)C)c1. The highest BCUT2D eigenvalue weighted by Crippen LogP contribution is 2.41. The summed E-state index contributed by atoms with van der Waals surface area (Å²) in [5.41, 5.74) is 2.76. The first-order valence-electron chi connectivity index (χ1n) is 12.1. The molecule has 0 atom stereocenters. The monoisotopic (exact) mass is 503 g/mol. The molecule has 0 spiro atoms. The number of carboxylic acid groups (broad SMARTS) is 1. The van der Waals surface area contributed by atoms with Crippen molar-refractivity contribution < 1.29 is 19.4 Å². The van der Waals surface area contributed by atoms with E-state index in [0.717, 1.165) is 59.9 Å². The van der Waals surface area contributed by atoms with Crippen molar-refractivity contribution in [3.63, 3.8) is 0 Å². The second kappa shape index (κ2) is 12.2. The van der Waals surface area contributed by atoms with Gasteiger partial charge in [0.05, 0.1) is 16.0 Å². The number of carbonyl (C=O) groups excluding carboxylic acids is 1. The van der Waals surface area contributed by atoms with E-state index in [-0.39, 0.29) is 12.1 Å². The van der Waals surface area contributed by atoms with Crippen molar-refractivity contribution in [1.82, 2.24) is 15.2 Å². The molecule has 35 heavy (non-hydrogen) atoms. The summed E-state index contributed by atoms with van der Waals surface area (Å²) in [4.78, 5) is 33.2. The molecule has 192 valence electrons. The van der Waals surface area contributed by atoms with Gasteiger partial charge in [-0.25, -0.2) is 14.6 Å². The van der Waals surface area contributed by atoms with Gasteiger partial charge in [-0.15, -0.1) is 11.3 Å². The molecule has 1 fully saturated rings. The Bertz CT molecular complexity index is 1000. The summed E-state index contributed by atoms with van der Waals surface area (Å²) in [6.45, 7) is 5.36. The lowest BCUT2D eigenvalue weighted by Gasteiger charge is -2.27. The minimum Gasteiger partial charge on any atom is -0.465 e. The minimum absolute atomic E-state index is 0.0301. The van der Waals surface area contributed by atoms with Gasteiger partial charge in [-0.2, -0.15) is 0 Å². The number of nitrogens with zero attached hydrogens (tertiary/aromatic N) is 3. The summed E-state index contributed by atoms with van der Waals surface area (Å²) in [6, 6.07) is 5.93. The number of nitrogens with one attached hydrogen (secondary N) is 2. The van der Waals surface area contributed by atoms with Gasteiger partial charge < -0.3 is 25.0 Å². The molecule has 10 heteroatoms. The molecule has 0 saturated heterocycles. The summed E-state index contributed by atoms with van der Waals surface area (Å²) in [7, 11) is 6.15. The van der Waals surface area contributed by atoms with Crippen molar-refractivity contribution in [3.8, 4) is 10.4 Å². The number of thiazole rings is 1. The van der Waals surface area contributed by atoms with E-state index < -0.39 is 12.2 Å². The Morgan fingerprint density at radius 1 is 1.17 bits per heavy atom. The summed E-state index contributed by atoms with van der Waals surface area (Å²) in [6.07, 6.45) is 3.83. The number of hydrogen-bond donors (Lipinski definition) is 3. The molecule has 3 rings (SSSR count). The molecule has 0 aliphatic heterocycles. The fourth-order valence-corrected chi connectivity index (χ4v) is 5.35. The zero-order chi connectivity index (χ0) is 25.5. The van der Waals surface area contributed by atoms with Gasteiger partial charge in [0.1, 0.15) is 0 Å². The van der Waals surface area contributed by atoms with Crippen molar-refractivity contribution in [1.29, 1.82) is 0 Å². The van der Waals surface area contributed by atoms with Crippen LogP contribution in [0.3, 0.4) is 0 Å². The Balaban J connectivity index is 1.80. The Morgan fingerprint density at radius 3 is 2.51 bits per heavy atom. The van der Waals surface area contributed by atoms with Crippen LogP contribution in [0.4, 0.5) is 21.0 Å². The zero-order valence-corrected chi connectivity index (χ0v) is 22.0. The van der Waals surface area contributed by atoms with Gasteiger partial charge in [0.15, 0.2) is 0 Å². The van der Waals surface area contributed by atoms with Crippen LogP contribution in [0.5, 0.6) is 0 Å². The number of ether oxygens (including phenoxy) is 1. The lowest BCUT2D eigenvalue weighted by molar-refractivity contribution is 0.130. The molecular formula is C25H37N5O4S. The lowest BCUT2D eigenvalue weighted by Crippen LogP contribution is -2.36. The van der Waals surface area contributed by atoms with Crippen molar-refractivity contribution in [2.45, 2.75) is 57.6 Å². The smallest absolute Gasteiger partial charge is 0.411 e. The number of rotatable bonds is 9. The first-order valence-corrected chi connectivity index (χ1v) is 12.9. The normalized spacial score (nSPS) is 17.9. The topological polar surface area (TPSA) is 107 Å². The Kier molecular flexibility index (Phi) is 9.33. The molecule has 2 aromatic rings. The summed E-state index contributed by atoms with van der Waals surface area (Å²) in [5.74, 6) is 0.349. The van der Waals surface area contributed by atoms with E-state index in [0.29, 0.717) is 11.6 Å². The van der Waals surface area contributed by atoms with Gasteiger partial charge in [-0.3, -0.25) is 5.32 Å². The number of likely N-dealkylation sites (N-methyl/N-ethyl adjacent to an activating group) is 2. The van der Waals surface area contributed by atoms with Gasteiger partial charge in [0.25, 0.3) is 0 Å². The standard InChI is InChI=1S/C25H37N5O4S/c1-16(2)34-25(33)28-19-10-11-20(21(14-19)30(5)13-12-29(3)4)22-15-26-23(35-22)17-6-8-18(9-7-17)27-24(31)32/h10-11,14-18,27H,6-9,12-13H2,1-5H3,(H,28,33)(H,31,32)/t17-,18-. The number of benzene rings is 1. The highest BCUT2D eigenvalue weighted by atomic mass is 32.1. The first kappa shape index (κ1) is 26.7. The van der Waals surface area contributed by atoms with Gasteiger partial charge in [0, 0.05) is 55.2 Å². The van der Waals surface area contributed by atoms with E-state index in [1.165, 1.54) is 0 Å². The third-order valence-corrected chi connectivity index (χ3v) is 7.27. The Morgan fingerprint density at radius 2 is 1.89 bits per heavy atom. The predicted octanol–water partition coefficient (Wildman–Crippen LogP) is 5.06. The summed E-state index contributed by atoms with van der Waals surface area (Å²) < 4.78 is 5.23. The molecule has 1 aromatic carbocycles. The molecule has 1 heterocycles. The molecule has 1 saturated carbocycles. The fourth-order valence-electron chi connectivity index (χ4n) is 4.23. The molecular weight excluding hydrogens is 466 g/mol. The highest BCUT2D eigenvalue weighted by Gasteiger charge is 2.26. The van der Waals surface area contributed by atoms with Gasteiger partial charge in [-0.05, 0) is 71.8 Å². The summed E-state index contributed by atoms with van der Waals surface area (Å²) in [5, 5.41) is 15.5. The van der Waals surface area contributed by atoms with Crippen LogP contribution in [0, 0.1) is 0 Å². The maximum atomic E-state index is 12.1. The van der Waals surface area contributed by atoms with Crippen molar-refractivity contribution in [2.24, 2.45) is 0 Å². The molecule has 1 aromatic heterocycles. The van der Waals surface area contributed by atoms with Crippen LogP contribution >= 0.6 is 11.3 Å². The predicted molar refractivity (Wildman–Crippen MR) is 141 cm³/mol. The zero-order valence-electron chi connectivity index (χ0n) is 21.2. The van der Waals surface area contributed by atoms with E-state index in [1.54, 1.807) is 11.3 Å². The van der Waals surface area contributed by atoms with E-state index in [4.69, 9.17) is 14.8 Å². The van der Waals surface area contributed by atoms with E-state index >= 15 is 0 Å². The highest BCUT2D eigenvalue weighted by molar-refractivity contribution is 7.15. The number of hydrogen-bond acceptors (Lipinski definition) is 7. The van der Waals surface area contributed by atoms with Crippen LogP contribution in [-0.4, -0.2) is 73.6 Å². The van der Waals surface area contributed by atoms with Crippen LogP contribution in [0.15, 0.2) is 24.4 Å². The van der Waals surface area contributed by atoms with Gasteiger partial charge in [-0.1, -0.05) is 0 Å². The molecule has 1 aliphatic rings. The molecule has 3 N–H and O–H groups in total. The average Bonchev–Trinajstić information content (AvgIpc) is 3.27. The second-order valence-electron chi connectivity index (χ2n) is 9.60. The second-order valence-corrected chi connectivity index (χ2v) is 10.7. The maximum absolute atomic E-state index is 12.1. The van der Waals surface area contributed by atoms with Crippen LogP contribution in [-0.2, 0) is 4.74 Å². The first-order chi connectivity index (χ1) is 16.6. The van der Waals surface area contributed by atoms with Crippen LogP contribution in [0.1, 0.15) is 50.5 Å². The van der Waals surface area contributed by atoms with Gasteiger partial charge in [0.2, 0.25) is 0 Å². The molecule has 1 aliphatic carbocycles. The molecule has 0 unspecified atom stereocenters. The summed E-state index contributed by atoms with van der Waals surface area (Å²) >= 11 is 1.69. The minimum atomic E-state index is -0.952. The fraction of sp³-hybridized carbons (Fsp3) is 0.560. The van der Waals surface area contributed by atoms with Crippen molar-refractivity contribution in [2.75, 3.05) is 44.4 Å². The third kappa shape index (κ3) is 7.83. The quantitative estimate of drug-likeness (QED) is 0.439. The van der Waals surface area contributed by atoms with Crippen LogP contribution < -0.4 is 15.5 Å². The van der Waals surface area contributed by atoms with E-state index in [2.05, 4.69) is 27.5 Å². The molecule has 0 bridgehead atoms. The maximum Gasteiger partial charge on any atom is 0.411 e. The molecule has 0 radical (unpaired) electrons. The molecule has 9 nitrogen and oxygen atoms in total. The average molecular weight is 504 g/mol. The third-order valence-electron chi connectivity index (χ3n) is 6.07. The Labute approximate surface area is 211 Å². The van der Waals surface area contributed by atoms with E-state index in [9.17, 15) is 9.59 Å². The van der Waals surface area contributed by atoms with Gasteiger partial charge >= 0.3 is 12.2 Å². The van der Waals surface area contributed by atoms with Crippen molar-refractivity contribution >= 4 is 34.9 Å². The van der Waals surface area contributed by atoms with E-state index in [1.807, 2.05) is 52.3 Å². The van der Waals surface area contributed by atoms with Crippen LogP contribution in [0.25, 0.3) is 10.4 Å². The number of aromatic nitrogens is 1. The number of anilines is 2.